The van der Waals surface area contributed by atoms with Gasteiger partial charge in [0, 0.05) is 69.1 Å². The Kier molecular flexibility index (Phi) is 8.97. The third-order valence-electron chi connectivity index (χ3n) is 10.8. The van der Waals surface area contributed by atoms with Gasteiger partial charge in [0.25, 0.3) is 5.91 Å². The molecule has 7 rings (SSSR count). The van der Waals surface area contributed by atoms with Gasteiger partial charge in [-0.3, -0.25) is 14.5 Å². The van der Waals surface area contributed by atoms with E-state index in [2.05, 4.69) is 30.7 Å². The highest BCUT2D eigenvalue weighted by atomic mass is 16.2. The maximum Gasteiger partial charge on any atom is 0.251 e. The Balaban J connectivity index is 0.955. The zero-order valence-corrected chi connectivity index (χ0v) is 27.0. The zero-order valence-electron chi connectivity index (χ0n) is 27.0. The van der Waals surface area contributed by atoms with Crippen molar-refractivity contribution >= 4 is 34.8 Å². The zero-order chi connectivity index (χ0) is 30.9. The number of fused-ring (bicyclic) bond motifs is 1. The fourth-order valence-electron chi connectivity index (χ4n) is 7.95. The first-order valence-electron chi connectivity index (χ1n) is 17.3. The van der Waals surface area contributed by atoms with Crippen molar-refractivity contribution in [3.63, 3.8) is 0 Å². The summed E-state index contributed by atoms with van der Waals surface area (Å²) >= 11 is 0. The highest BCUT2D eigenvalue weighted by Crippen LogP contribution is 2.38. The number of amides is 2. The Morgan fingerprint density at radius 3 is 2.42 bits per heavy atom. The standard InChI is InChI=1S/C35H50N8O2/c1-24-35(45)40(2)31-12-13-32(39-33(31)43(24)30-14-16-36-17-15-30)37-28-5-3-4-26(22-28)34(44)38-27-8-10-29(11-9-27)42-20-18-41(19-21-42)23-25-6-7-25/h3-5,12-13,22,24-25,27,29-30,36H,6-11,14-21,23H2,1-2H3,(H,37,39)(H,38,44)/t24-,27-,29-/m1/s1. The van der Waals surface area contributed by atoms with Crippen LogP contribution in [0.4, 0.5) is 23.0 Å². The Morgan fingerprint density at radius 1 is 0.933 bits per heavy atom. The molecule has 3 N–H and O–H groups in total. The summed E-state index contributed by atoms with van der Waals surface area (Å²) in [5.41, 5.74) is 2.31. The number of pyridine rings is 1. The number of carbonyl (C=O) groups is 2. The maximum atomic E-state index is 13.3. The van der Waals surface area contributed by atoms with E-state index in [9.17, 15) is 9.59 Å². The Bertz CT molecular complexity index is 1360. The maximum absolute atomic E-state index is 13.3. The topological polar surface area (TPSA) is 96.1 Å². The summed E-state index contributed by atoms with van der Waals surface area (Å²) in [4.78, 5) is 40.7. The monoisotopic (exact) mass is 614 g/mol. The van der Waals surface area contributed by atoms with Crippen molar-refractivity contribution in [2.45, 2.75) is 82.5 Å². The van der Waals surface area contributed by atoms with Gasteiger partial charge in [0.15, 0.2) is 5.82 Å². The van der Waals surface area contributed by atoms with Crippen molar-refractivity contribution in [1.29, 1.82) is 0 Å². The molecule has 1 aromatic carbocycles. The van der Waals surface area contributed by atoms with Gasteiger partial charge in [0.1, 0.15) is 11.9 Å². The second-order valence-electron chi connectivity index (χ2n) is 14.0. The van der Waals surface area contributed by atoms with Crippen molar-refractivity contribution in [2.24, 2.45) is 5.92 Å². The lowest BCUT2D eigenvalue weighted by molar-refractivity contribution is -0.119. The second kappa shape index (κ2) is 13.3. The molecular formula is C35H50N8O2. The quantitative estimate of drug-likeness (QED) is 0.413. The molecule has 5 aliphatic rings. The van der Waals surface area contributed by atoms with Gasteiger partial charge >= 0.3 is 0 Å². The fourth-order valence-corrected chi connectivity index (χ4v) is 7.95. The smallest absolute Gasteiger partial charge is 0.251 e. The molecule has 1 atom stereocenters. The first kappa shape index (κ1) is 30.4. The minimum Gasteiger partial charge on any atom is -0.349 e. The van der Waals surface area contributed by atoms with E-state index >= 15 is 0 Å². The summed E-state index contributed by atoms with van der Waals surface area (Å²) in [5, 5.41) is 10.2. The van der Waals surface area contributed by atoms with Crippen LogP contribution in [0.1, 0.15) is 68.6 Å². The van der Waals surface area contributed by atoms with E-state index in [1.54, 1.807) is 4.90 Å². The molecule has 10 heteroatoms. The molecule has 0 bridgehead atoms. The molecule has 2 amide bonds. The average Bonchev–Trinajstić information content (AvgIpc) is 3.89. The van der Waals surface area contributed by atoms with Crippen LogP contribution in [0.15, 0.2) is 36.4 Å². The van der Waals surface area contributed by atoms with Crippen molar-refractivity contribution in [2.75, 3.05) is 68.0 Å². The van der Waals surface area contributed by atoms with E-state index in [-0.39, 0.29) is 29.9 Å². The van der Waals surface area contributed by atoms with E-state index in [4.69, 9.17) is 4.98 Å². The second-order valence-corrected chi connectivity index (χ2v) is 14.0. The number of piperazine rings is 1. The van der Waals surface area contributed by atoms with Crippen LogP contribution in [-0.2, 0) is 4.79 Å². The fraction of sp³-hybridized carbons (Fsp3) is 0.629. The molecule has 2 aliphatic carbocycles. The Hall–Kier alpha value is -3.21. The van der Waals surface area contributed by atoms with E-state index in [0.29, 0.717) is 17.4 Å². The lowest BCUT2D eigenvalue weighted by Crippen LogP contribution is -2.56. The van der Waals surface area contributed by atoms with Gasteiger partial charge in [-0.1, -0.05) is 6.07 Å². The van der Waals surface area contributed by atoms with E-state index < -0.39 is 0 Å². The van der Waals surface area contributed by atoms with E-state index in [1.807, 2.05) is 50.4 Å². The van der Waals surface area contributed by atoms with Gasteiger partial charge in [-0.15, -0.1) is 0 Å². The van der Waals surface area contributed by atoms with Crippen molar-refractivity contribution in [3.8, 4) is 0 Å². The largest absolute Gasteiger partial charge is 0.349 e. The van der Waals surface area contributed by atoms with Crippen molar-refractivity contribution < 1.29 is 9.59 Å². The van der Waals surface area contributed by atoms with Crippen LogP contribution < -0.4 is 25.8 Å². The van der Waals surface area contributed by atoms with Crippen LogP contribution in [0, 0.1) is 5.92 Å². The number of likely N-dealkylation sites (N-methyl/N-ethyl adjacent to an activating group) is 1. The van der Waals surface area contributed by atoms with Gasteiger partial charge in [0.05, 0.1) is 5.69 Å². The first-order chi connectivity index (χ1) is 21.9. The molecule has 0 unspecified atom stereocenters. The molecule has 2 aromatic rings. The normalized spacial score (nSPS) is 26.9. The summed E-state index contributed by atoms with van der Waals surface area (Å²) in [5.74, 6) is 2.60. The van der Waals surface area contributed by atoms with Gasteiger partial charge in [-0.05, 0) is 108 Å². The van der Waals surface area contributed by atoms with Gasteiger partial charge in [0.2, 0.25) is 5.91 Å². The summed E-state index contributed by atoms with van der Waals surface area (Å²) in [6.45, 7) is 9.99. The number of carbonyl (C=O) groups excluding carboxylic acids is 2. The van der Waals surface area contributed by atoms with Crippen molar-refractivity contribution in [3.05, 3.63) is 42.0 Å². The Labute approximate surface area is 267 Å². The molecule has 4 heterocycles. The first-order valence-corrected chi connectivity index (χ1v) is 17.3. The van der Waals surface area contributed by atoms with Gasteiger partial charge in [-0.25, -0.2) is 4.98 Å². The number of rotatable bonds is 8. The predicted octanol–water partition coefficient (Wildman–Crippen LogP) is 3.82. The summed E-state index contributed by atoms with van der Waals surface area (Å²) in [6.07, 6.45) is 9.23. The molecule has 0 spiro atoms. The SMILES string of the molecule is C[C@@H]1C(=O)N(C)c2ccc(Nc3cccc(C(=O)N[C@H]4CC[C@H](N5CCN(CC6CC6)CC5)CC4)c3)nc2N1C1CCNCC1. The lowest BCUT2D eigenvalue weighted by atomic mass is 9.89. The Morgan fingerprint density at radius 2 is 1.69 bits per heavy atom. The van der Waals surface area contributed by atoms with Crippen LogP contribution in [0.25, 0.3) is 0 Å². The van der Waals surface area contributed by atoms with Crippen LogP contribution in [0.3, 0.4) is 0 Å². The molecule has 2 saturated carbocycles. The molecule has 2 saturated heterocycles. The number of piperidine rings is 1. The molecule has 1 aromatic heterocycles. The molecular weight excluding hydrogens is 564 g/mol. The summed E-state index contributed by atoms with van der Waals surface area (Å²) in [7, 11) is 1.83. The number of hydrogen-bond donors (Lipinski definition) is 3. The van der Waals surface area contributed by atoms with Crippen molar-refractivity contribution in [1.82, 2.24) is 25.4 Å². The number of anilines is 4. The van der Waals surface area contributed by atoms with Crippen LogP contribution >= 0.6 is 0 Å². The molecule has 242 valence electrons. The molecule has 4 fully saturated rings. The number of nitrogens with zero attached hydrogens (tertiary/aromatic N) is 5. The highest BCUT2D eigenvalue weighted by Gasteiger charge is 2.39. The molecule has 45 heavy (non-hydrogen) atoms. The third kappa shape index (κ3) is 6.83. The van der Waals surface area contributed by atoms with E-state index in [0.717, 1.165) is 74.7 Å². The predicted molar refractivity (Wildman–Crippen MR) is 179 cm³/mol. The van der Waals surface area contributed by atoms with E-state index in [1.165, 1.54) is 45.6 Å². The van der Waals surface area contributed by atoms with Crippen LogP contribution in [0.2, 0.25) is 0 Å². The molecule has 0 radical (unpaired) electrons. The lowest BCUT2D eigenvalue weighted by Gasteiger charge is -2.45. The number of nitrogens with one attached hydrogen (secondary N) is 3. The van der Waals surface area contributed by atoms with Gasteiger partial charge < -0.3 is 30.7 Å². The summed E-state index contributed by atoms with van der Waals surface area (Å²) in [6, 6.07) is 12.5. The summed E-state index contributed by atoms with van der Waals surface area (Å²) < 4.78 is 0. The number of aromatic nitrogens is 1. The number of benzene rings is 1. The average molecular weight is 615 g/mol. The molecule has 3 aliphatic heterocycles. The minimum atomic E-state index is -0.266. The third-order valence-corrected chi connectivity index (χ3v) is 10.8. The highest BCUT2D eigenvalue weighted by molar-refractivity contribution is 6.04. The molecule has 10 nitrogen and oxygen atoms in total. The van der Waals surface area contributed by atoms with Crippen LogP contribution in [-0.4, -0.2) is 104 Å². The van der Waals surface area contributed by atoms with Crippen LogP contribution in [0.5, 0.6) is 0 Å². The minimum absolute atomic E-state index is 0.0137. The number of hydrogen-bond acceptors (Lipinski definition) is 8. The van der Waals surface area contributed by atoms with Gasteiger partial charge in [-0.2, -0.15) is 0 Å².